The Hall–Kier alpha value is -1.68. The van der Waals surface area contributed by atoms with Gasteiger partial charge in [0.1, 0.15) is 5.52 Å². The predicted octanol–water partition coefficient (Wildman–Crippen LogP) is 4.17. The second kappa shape index (κ2) is 5.02. The molecule has 2 aromatic heterocycles. The lowest BCUT2D eigenvalue weighted by Gasteiger charge is -2.12. The Balaban J connectivity index is 2.08. The van der Waals surface area contributed by atoms with Crippen LogP contribution < -0.4 is 0 Å². The van der Waals surface area contributed by atoms with Crippen molar-refractivity contribution < 1.29 is 0 Å². The van der Waals surface area contributed by atoms with E-state index in [9.17, 15) is 0 Å². The number of nitrogens with zero attached hydrogens (tertiary/aromatic N) is 3. The molecular weight excluding hydrogens is 314 g/mol. The average molecular weight is 330 g/mol. The van der Waals surface area contributed by atoms with Gasteiger partial charge in [-0.2, -0.15) is 5.10 Å². The number of aromatic nitrogens is 3. The average Bonchev–Trinajstić information content (AvgIpc) is 2.76. The number of hydrogen-bond acceptors (Lipinski definition) is 2. The Morgan fingerprint density at radius 1 is 1.05 bits per heavy atom. The van der Waals surface area contributed by atoms with Crippen LogP contribution in [-0.2, 0) is 6.54 Å². The predicted molar refractivity (Wildman–Crippen MR) is 85.0 cm³/mol. The zero-order chi connectivity index (χ0) is 14.3. The fourth-order valence-electron chi connectivity index (χ4n) is 2.67. The highest BCUT2D eigenvalue weighted by Crippen LogP contribution is 2.21. The van der Waals surface area contributed by atoms with Crippen molar-refractivity contribution in [3.05, 3.63) is 57.3 Å². The molecule has 0 atom stereocenters. The molecule has 0 fully saturated rings. The number of aryl methyl sites for hydroxylation is 3. The standard InChI is InChI=1S/C16H16BrN3/c1-10-4-11(2)14(12(3)5-10)9-20-16-6-13(17)7-18-15(16)8-19-20/h4-8H,9H2,1-3H3. The maximum atomic E-state index is 4.47. The summed E-state index contributed by atoms with van der Waals surface area (Å²) in [6, 6.07) is 6.51. The van der Waals surface area contributed by atoms with E-state index in [0.29, 0.717) is 0 Å². The van der Waals surface area contributed by atoms with E-state index < -0.39 is 0 Å². The van der Waals surface area contributed by atoms with Crippen molar-refractivity contribution in [1.29, 1.82) is 0 Å². The zero-order valence-corrected chi connectivity index (χ0v) is 13.4. The summed E-state index contributed by atoms with van der Waals surface area (Å²) in [4.78, 5) is 4.37. The summed E-state index contributed by atoms with van der Waals surface area (Å²) in [6.45, 7) is 7.23. The summed E-state index contributed by atoms with van der Waals surface area (Å²) in [5.41, 5.74) is 7.25. The lowest BCUT2D eigenvalue weighted by Crippen LogP contribution is -2.05. The number of halogens is 1. The molecule has 0 spiro atoms. The third kappa shape index (κ3) is 2.36. The van der Waals surface area contributed by atoms with Crippen LogP contribution in [0.3, 0.4) is 0 Å². The van der Waals surface area contributed by atoms with Crippen molar-refractivity contribution in [2.45, 2.75) is 27.3 Å². The molecule has 0 aliphatic rings. The Kier molecular flexibility index (Phi) is 3.34. The van der Waals surface area contributed by atoms with Crippen LogP contribution in [0.5, 0.6) is 0 Å². The van der Waals surface area contributed by atoms with Crippen molar-refractivity contribution in [1.82, 2.24) is 14.8 Å². The minimum absolute atomic E-state index is 0.777. The highest BCUT2D eigenvalue weighted by atomic mass is 79.9. The smallest absolute Gasteiger partial charge is 0.108 e. The van der Waals surface area contributed by atoms with Gasteiger partial charge in [-0.15, -0.1) is 0 Å². The van der Waals surface area contributed by atoms with E-state index in [0.717, 1.165) is 22.1 Å². The molecule has 0 unspecified atom stereocenters. The van der Waals surface area contributed by atoms with Gasteiger partial charge in [-0.05, 0) is 59.5 Å². The van der Waals surface area contributed by atoms with Gasteiger partial charge in [0.25, 0.3) is 0 Å². The lowest BCUT2D eigenvalue weighted by atomic mass is 10.00. The van der Waals surface area contributed by atoms with Gasteiger partial charge in [0.2, 0.25) is 0 Å². The molecule has 1 aromatic carbocycles. The summed E-state index contributed by atoms with van der Waals surface area (Å²) in [6.07, 6.45) is 3.62. The minimum atomic E-state index is 0.777. The molecule has 2 heterocycles. The molecule has 20 heavy (non-hydrogen) atoms. The lowest BCUT2D eigenvalue weighted by molar-refractivity contribution is 0.705. The van der Waals surface area contributed by atoms with Gasteiger partial charge < -0.3 is 0 Å². The zero-order valence-electron chi connectivity index (χ0n) is 11.8. The number of fused-ring (bicyclic) bond motifs is 1. The third-order valence-corrected chi connectivity index (χ3v) is 4.04. The molecular formula is C16H16BrN3. The number of rotatable bonds is 2. The van der Waals surface area contributed by atoms with E-state index in [1.165, 1.54) is 22.3 Å². The van der Waals surface area contributed by atoms with Crippen LogP contribution in [0, 0.1) is 20.8 Å². The number of hydrogen-bond donors (Lipinski definition) is 0. The Morgan fingerprint density at radius 2 is 1.75 bits per heavy atom. The van der Waals surface area contributed by atoms with Gasteiger partial charge in [-0.25, -0.2) is 0 Å². The second-order valence-electron chi connectivity index (χ2n) is 5.24. The van der Waals surface area contributed by atoms with Gasteiger partial charge >= 0.3 is 0 Å². The third-order valence-electron chi connectivity index (χ3n) is 3.61. The van der Waals surface area contributed by atoms with Crippen LogP contribution in [-0.4, -0.2) is 14.8 Å². The van der Waals surface area contributed by atoms with Gasteiger partial charge in [0.05, 0.1) is 18.3 Å². The normalized spacial score (nSPS) is 11.2. The molecule has 0 radical (unpaired) electrons. The molecule has 3 rings (SSSR count). The largest absolute Gasteiger partial charge is 0.259 e. The molecule has 0 saturated carbocycles. The highest BCUT2D eigenvalue weighted by molar-refractivity contribution is 9.10. The first-order valence-corrected chi connectivity index (χ1v) is 7.37. The second-order valence-corrected chi connectivity index (χ2v) is 6.15. The summed E-state index contributed by atoms with van der Waals surface area (Å²) >= 11 is 3.47. The van der Waals surface area contributed by atoms with Gasteiger partial charge in [-0.3, -0.25) is 9.67 Å². The van der Waals surface area contributed by atoms with Crippen LogP contribution >= 0.6 is 15.9 Å². The number of pyridine rings is 1. The summed E-state index contributed by atoms with van der Waals surface area (Å²) < 4.78 is 2.99. The Labute approximate surface area is 126 Å². The molecule has 4 heteroatoms. The first-order chi connectivity index (χ1) is 9.54. The van der Waals surface area contributed by atoms with Crippen molar-refractivity contribution in [3.8, 4) is 0 Å². The number of benzene rings is 1. The van der Waals surface area contributed by atoms with E-state index in [-0.39, 0.29) is 0 Å². The van der Waals surface area contributed by atoms with Gasteiger partial charge in [0, 0.05) is 10.7 Å². The van der Waals surface area contributed by atoms with Crippen molar-refractivity contribution in [2.75, 3.05) is 0 Å². The first kappa shape index (κ1) is 13.3. The van der Waals surface area contributed by atoms with Crippen molar-refractivity contribution in [3.63, 3.8) is 0 Å². The van der Waals surface area contributed by atoms with Gasteiger partial charge in [0.15, 0.2) is 0 Å². The SMILES string of the molecule is Cc1cc(C)c(Cn2ncc3ncc(Br)cc32)c(C)c1. The first-order valence-electron chi connectivity index (χ1n) is 6.58. The molecule has 3 nitrogen and oxygen atoms in total. The topological polar surface area (TPSA) is 30.7 Å². The van der Waals surface area contributed by atoms with E-state index in [1.807, 2.05) is 10.9 Å². The molecule has 0 bridgehead atoms. The monoisotopic (exact) mass is 329 g/mol. The van der Waals surface area contributed by atoms with E-state index in [4.69, 9.17) is 0 Å². The summed E-state index contributed by atoms with van der Waals surface area (Å²) in [5, 5.41) is 4.47. The van der Waals surface area contributed by atoms with E-state index >= 15 is 0 Å². The fourth-order valence-corrected chi connectivity index (χ4v) is 2.99. The Bertz CT molecular complexity index is 767. The van der Waals surface area contributed by atoms with Crippen LogP contribution in [0.4, 0.5) is 0 Å². The molecule has 3 aromatic rings. The summed E-state index contributed by atoms with van der Waals surface area (Å²) in [5.74, 6) is 0. The molecule has 102 valence electrons. The summed E-state index contributed by atoms with van der Waals surface area (Å²) in [7, 11) is 0. The van der Waals surface area contributed by atoms with E-state index in [2.05, 4.69) is 65.0 Å². The van der Waals surface area contributed by atoms with Crippen LogP contribution in [0.1, 0.15) is 22.3 Å². The van der Waals surface area contributed by atoms with E-state index in [1.54, 1.807) is 6.20 Å². The molecule has 0 aliphatic carbocycles. The van der Waals surface area contributed by atoms with Crippen LogP contribution in [0.2, 0.25) is 0 Å². The molecule has 0 amide bonds. The minimum Gasteiger partial charge on any atom is -0.259 e. The highest BCUT2D eigenvalue weighted by Gasteiger charge is 2.09. The Morgan fingerprint density at radius 3 is 2.45 bits per heavy atom. The van der Waals surface area contributed by atoms with Crippen LogP contribution in [0.25, 0.3) is 11.0 Å². The molecule has 0 aliphatic heterocycles. The van der Waals surface area contributed by atoms with Gasteiger partial charge in [-0.1, -0.05) is 17.7 Å². The van der Waals surface area contributed by atoms with Crippen LogP contribution in [0.15, 0.2) is 35.1 Å². The quantitative estimate of drug-likeness (QED) is 0.706. The maximum Gasteiger partial charge on any atom is 0.108 e. The van der Waals surface area contributed by atoms with Crippen molar-refractivity contribution >= 4 is 27.0 Å². The maximum absolute atomic E-state index is 4.47. The van der Waals surface area contributed by atoms with Crippen molar-refractivity contribution in [2.24, 2.45) is 0 Å². The fraction of sp³-hybridized carbons (Fsp3) is 0.250. The molecule has 0 saturated heterocycles. The molecule has 0 N–H and O–H groups in total.